The summed E-state index contributed by atoms with van der Waals surface area (Å²) < 4.78 is 16.8. The van der Waals surface area contributed by atoms with Gasteiger partial charge in [-0.25, -0.2) is 9.97 Å². The molecule has 0 fully saturated rings. The first kappa shape index (κ1) is 30.1. The molecule has 0 amide bonds. The van der Waals surface area contributed by atoms with E-state index in [-0.39, 0.29) is 30.7 Å². The quantitative estimate of drug-likeness (QED) is 0.228. The summed E-state index contributed by atoms with van der Waals surface area (Å²) >= 11 is 0. The van der Waals surface area contributed by atoms with Gasteiger partial charge in [0.05, 0.1) is 32.0 Å². The van der Waals surface area contributed by atoms with Crippen LogP contribution < -0.4 is 19.5 Å². The van der Waals surface area contributed by atoms with E-state index in [0.717, 1.165) is 69.4 Å². The lowest BCUT2D eigenvalue weighted by atomic mass is 9.96. The molecule has 2 aromatic heterocycles. The van der Waals surface area contributed by atoms with Crippen molar-refractivity contribution in [3.63, 3.8) is 0 Å². The number of aromatic nitrogens is 2. The number of nitrogens with one attached hydrogen (secondary N) is 1. The molecule has 0 saturated carbocycles. The predicted molar refractivity (Wildman–Crippen MR) is 155 cm³/mol. The van der Waals surface area contributed by atoms with Crippen LogP contribution in [0.3, 0.4) is 0 Å². The Balaban J connectivity index is 0.00000241. The molecule has 0 aliphatic carbocycles. The van der Waals surface area contributed by atoms with E-state index < -0.39 is 0 Å². The zero-order valence-electron chi connectivity index (χ0n) is 21.9. The summed E-state index contributed by atoms with van der Waals surface area (Å²) in [6, 6.07) is 11.9. The lowest BCUT2D eigenvalue weighted by Gasteiger charge is -2.17. The molecule has 0 saturated heterocycles. The normalized spacial score (nSPS) is 10.5. The van der Waals surface area contributed by atoms with Crippen LogP contribution >= 0.6 is 24.8 Å². The van der Waals surface area contributed by atoms with Gasteiger partial charge in [0.1, 0.15) is 11.6 Å². The van der Waals surface area contributed by atoms with E-state index in [9.17, 15) is 5.11 Å². The van der Waals surface area contributed by atoms with Gasteiger partial charge in [-0.3, -0.25) is 0 Å². The molecule has 0 spiro atoms. The fraction of sp³-hybridized carbons (Fsp3) is 0.357. The second-order valence-corrected chi connectivity index (χ2v) is 8.35. The maximum atomic E-state index is 11.1. The molecule has 37 heavy (non-hydrogen) atoms. The molecular formula is C28H35Cl2N3O4. The van der Waals surface area contributed by atoms with Crippen LogP contribution in [-0.4, -0.2) is 42.4 Å². The van der Waals surface area contributed by atoms with E-state index in [1.54, 1.807) is 14.2 Å². The number of ether oxygens (including phenoxy) is 3. The van der Waals surface area contributed by atoms with Gasteiger partial charge in [-0.1, -0.05) is 13.3 Å². The second-order valence-electron chi connectivity index (χ2n) is 8.35. The van der Waals surface area contributed by atoms with E-state index in [4.69, 9.17) is 19.2 Å². The van der Waals surface area contributed by atoms with Crippen molar-refractivity contribution in [1.82, 2.24) is 9.97 Å². The van der Waals surface area contributed by atoms with E-state index in [1.807, 2.05) is 44.2 Å². The summed E-state index contributed by atoms with van der Waals surface area (Å²) in [5, 5.41) is 17.3. The zero-order valence-corrected chi connectivity index (χ0v) is 23.5. The van der Waals surface area contributed by atoms with Crippen molar-refractivity contribution < 1.29 is 19.3 Å². The average molecular weight is 549 g/mol. The molecule has 7 nitrogen and oxygen atoms in total. The molecule has 2 aromatic carbocycles. The number of anilines is 1. The number of hydrogen-bond acceptors (Lipinski definition) is 7. The highest BCUT2D eigenvalue weighted by molar-refractivity contribution is 5.93. The van der Waals surface area contributed by atoms with Gasteiger partial charge in [-0.05, 0) is 67.6 Å². The van der Waals surface area contributed by atoms with Crippen LogP contribution in [0.1, 0.15) is 44.0 Å². The van der Waals surface area contributed by atoms with Crippen molar-refractivity contribution in [1.29, 1.82) is 0 Å². The highest BCUT2D eigenvalue weighted by atomic mass is 35.5. The number of pyridine rings is 2. The van der Waals surface area contributed by atoms with Crippen LogP contribution in [0.2, 0.25) is 0 Å². The summed E-state index contributed by atoms with van der Waals surface area (Å²) in [7, 11) is 3.24. The minimum absolute atomic E-state index is 0. The molecule has 4 rings (SSSR count). The van der Waals surface area contributed by atoms with Crippen molar-refractivity contribution >= 4 is 52.3 Å². The highest BCUT2D eigenvalue weighted by Crippen LogP contribution is 2.39. The predicted octanol–water partition coefficient (Wildman–Crippen LogP) is 6.72. The van der Waals surface area contributed by atoms with E-state index in [0.29, 0.717) is 24.5 Å². The molecule has 4 aromatic rings. The van der Waals surface area contributed by atoms with Gasteiger partial charge in [0.25, 0.3) is 0 Å². The number of aromatic hydroxyl groups is 1. The van der Waals surface area contributed by atoms with E-state index in [2.05, 4.69) is 23.3 Å². The lowest BCUT2D eigenvalue weighted by Crippen LogP contribution is -2.06. The van der Waals surface area contributed by atoms with Crippen LogP contribution in [0.15, 0.2) is 36.4 Å². The SMILES string of the molecule is CCCc1nc(O)c(Cc2cc3cc(OCC)ccc3nc2NCC)c2cc(OC)c(OC)cc12.Cl.Cl. The minimum atomic E-state index is 0. The first-order valence-electron chi connectivity index (χ1n) is 12.1. The Morgan fingerprint density at radius 1 is 0.892 bits per heavy atom. The number of nitrogens with zero attached hydrogens (tertiary/aromatic N) is 2. The number of fused-ring (bicyclic) bond motifs is 2. The average Bonchev–Trinajstić information content (AvgIpc) is 2.86. The number of hydrogen-bond donors (Lipinski definition) is 2. The second kappa shape index (κ2) is 13.4. The third-order valence-corrected chi connectivity index (χ3v) is 6.04. The molecule has 0 radical (unpaired) electrons. The van der Waals surface area contributed by atoms with Gasteiger partial charge in [0, 0.05) is 29.3 Å². The summed E-state index contributed by atoms with van der Waals surface area (Å²) in [6.45, 7) is 7.43. The third-order valence-electron chi connectivity index (χ3n) is 6.04. The van der Waals surface area contributed by atoms with E-state index in [1.165, 1.54) is 0 Å². The third kappa shape index (κ3) is 6.22. The molecule has 2 heterocycles. The maximum absolute atomic E-state index is 11.1. The fourth-order valence-corrected chi connectivity index (χ4v) is 4.45. The Morgan fingerprint density at radius 3 is 2.22 bits per heavy atom. The number of benzene rings is 2. The summed E-state index contributed by atoms with van der Waals surface area (Å²) in [5.41, 5.74) is 3.41. The molecular weight excluding hydrogens is 513 g/mol. The summed E-state index contributed by atoms with van der Waals surface area (Å²) in [4.78, 5) is 9.46. The highest BCUT2D eigenvalue weighted by Gasteiger charge is 2.19. The molecule has 0 bridgehead atoms. The number of halogens is 2. The van der Waals surface area contributed by atoms with Gasteiger partial charge >= 0.3 is 0 Å². The first-order valence-corrected chi connectivity index (χ1v) is 12.1. The molecule has 0 aliphatic heterocycles. The van der Waals surface area contributed by atoms with Gasteiger partial charge in [0.15, 0.2) is 11.5 Å². The number of methoxy groups -OCH3 is 2. The van der Waals surface area contributed by atoms with E-state index >= 15 is 0 Å². The van der Waals surface area contributed by atoms with Crippen molar-refractivity contribution in [2.45, 2.75) is 40.0 Å². The maximum Gasteiger partial charge on any atom is 0.215 e. The summed E-state index contributed by atoms with van der Waals surface area (Å²) in [5.74, 6) is 2.87. The molecule has 200 valence electrons. The van der Waals surface area contributed by atoms with Gasteiger partial charge in [-0.15, -0.1) is 24.8 Å². The monoisotopic (exact) mass is 547 g/mol. The summed E-state index contributed by atoms with van der Waals surface area (Å²) in [6.07, 6.45) is 2.11. The molecule has 2 N–H and O–H groups in total. The Hall–Kier alpha value is -3.16. The zero-order chi connectivity index (χ0) is 24.9. The van der Waals surface area contributed by atoms with Gasteiger partial charge in [0.2, 0.25) is 5.88 Å². The van der Waals surface area contributed by atoms with Gasteiger partial charge < -0.3 is 24.6 Å². The van der Waals surface area contributed by atoms with Crippen LogP contribution in [-0.2, 0) is 12.8 Å². The van der Waals surface area contributed by atoms with Crippen LogP contribution in [0.25, 0.3) is 21.7 Å². The van der Waals surface area contributed by atoms with Crippen LogP contribution in [0.5, 0.6) is 23.1 Å². The molecule has 0 unspecified atom stereocenters. The first-order chi connectivity index (χ1) is 17.0. The van der Waals surface area contributed by atoms with Crippen LogP contribution in [0, 0.1) is 0 Å². The van der Waals surface area contributed by atoms with Crippen LogP contribution in [0.4, 0.5) is 5.82 Å². The molecule has 0 atom stereocenters. The number of aryl methyl sites for hydroxylation is 1. The molecule has 9 heteroatoms. The topological polar surface area (TPSA) is 85.7 Å². The minimum Gasteiger partial charge on any atom is -0.494 e. The Bertz CT molecular complexity index is 1370. The van der Waals surface area contributed by atoms with Gasteiger partial charge in [-0.2, -0.15) is 0 Å². The largest absolute Gasteiger partial charge is 0.494 e. The number of rotatable bonds is 10. The molecule has 0 aliphatic rings. The standard InChI is InChI=1S/C28H33N3O4.2ClH/c1-6-9-24-21-16-26(34-5)25(33-4)15-20(21)22(28(32)31-24)14-18-12-17-13-19(35-8-3)10-11-23(17)30-27(18)29-7-2;;/h10-13,15-16H,6-9,14H2,1-5H3,(H,29,30)(H,31,32);2*1H. The smallest absolute Gasteiger partial charge is 0.215 e. The Labute approximate surface area is 230 Å². The Kier molecular flexibility index (Phi) is 10.9. The fourth-order valence-electron chi connectivity index (χ4n) is 4.45. The van der Waals surface area contributed by atoms with Crippen molar-refractivity contribution in [2.24, 2.45) is 0 Å². The van der Waals surface area contributed by atoms with Crippen molar-refractivity contribution in [3.05, 3.63) is 53.2 Å². The Morgan fingerprint density at radius 2 is 1.59 bits per heavy atom. The lowest BCUT2D eigenvalue weighted by molar-refractivity contribution is 0.340. The van der Waals surface area contributed by atoms with Crippen molar-refractivity contribution in [3.8, 4) is 23.1 Å². The van der Waals surface area contributed by atoms with Crippen molar-refractivity contribution in [2.75, 3.05) is 32.7 Å².